The number of hydrazine groups is 1. The SMILES string of the molecule is C[C@H](NCC(=O)NNC(=O)c1ccccc1)c1ccco1. The zero-order valence-electron chi connectivity index (χ0n) is 11.6. The quantitative estimate of drug-likeness (QED) is 0.726. The Balaban J connectivity index is 1.71. The van der Waals surface area contributed by atoms with Gasteiger partial charge in [0.25, 0.3) is 11.8 Å². The first-order valence-corrected chi connectivity index (χ1v) is 6.58. The molecule has 0 spiro atoms. The molecule has 0 aliphatic rings. The van der Waals surface area contributed by atoms with Crippen molar-refractivity contribution in [2.45, 2.75) is 13.0 Å². The van der Waals surface area contributed by atoms with Gasteiger partial charge in [0.15, 0.2) is 0 Å². The van der Waals surface area contributed by atoms with E-state index in [1.54, 1.807) is 36.6 Å². The first-order chi connectivity index (χ1) is 10.2. The van der Waals surface area contributed by atoms with E-state index >= 15 is 0 Å². The summed E-state index contributed by atoms with van der Waals surface area (Å²) in [5, 5.41) is 2.99. The largest absolute Gasteiger partial charge is 0.468 e. The number of hydrogen-bond donors (Lipinski definition) is 3. The van der Waals surface area contributed by atoms with Gasteiger partial charge in [0.05, 0.1) is 18.8 Å². The molecular weight excluding hydrogens is 270 g/mol. The Kier molecular flexibility index (Phi) is 5.11. The lowest BCUT2D eigenvalue weighted by Crippen LogP contribution is -2.45. The number of hydrogen-bond acceptors (Lipinski definition) is 4. The molecule has 0 fully saturated rings. The van der Waals surface area contributed by atoms with E-state index < -0.39 is 0 Å². The molecule has 1 heterocycles. The van der Waals surface area contributed by atoms with Crippen LogP contribution in [0.3, 0.4) is 0 Å². The molecule has 110 valence electrons. The topological polar surface area (TPSA) is 83.4 Å². The molecule has 2 aromatic rings. The lowest BCUT2D eigenvalue weighted by atomic mass is 10.2. The molecule has 21 heavy (non-hydrogen) atoms. The van der Waals surface area contributed by atoms with Crippen molar-refractivity contribution in [3.8, 4) is 0 Å². The zero-order chi connectivity index (χ0) is 15.1. The van der Waals surface area contributed by atoms with Crippen molar-refractivity contribution in [1.29, 1.82) is 0 Å². The summed E-state index contributed by atoms with van der Waals surface area (Å²) >= 11 is 0. The highest BCUT2D eigenvalue weighted by Crippen LogP contribution is 2.11. The fraction of sp³-hybridized carbons (Fsp3) is 0.200. The van der Waals surface area contributed by atoms with Crippen LogP contribution in [-0.4, -0.2) is 18.4 Å². The molecule has 0 saturated carbocycles. The third-order valence-electron chi connectivity index (χ3n) is 2.89. The predicted octanol–water partition coefficient (Wildman–Crippen LogP) is 1.39. The maximum absolute atomic E-state index is 11.7. The van der Waals surface area contributed by atoms with Crippen LogP contribution < -0.4 is 16.2 Å². The van der Waals surface area contributed by atoms with Crippen LogP contribution in [0, 0.1) is 0 Å². The summed E-state index contributed by atoms with van der Waals surface area (Å²) in [4.78, 5) is 23.3. The molecule has 0 bridgehead atoms. The van der Waals surface area contributed by atoms with Crippen LogP contribution in [0.5, 0.6) is 0 Å². The molecule has 6 heteroatoms. The highest BCUT2D eigenvalue weighted by atomic mass is 16.3. The summed E-state index contributed by atoms with van der Waals surface area (Å²) in [7, 11) is 0. The van der Waals surface area contributed by atoms with Gasteiger partial charge < -0.3 is 4.42 Å². The van der Waals surface area contributed by atoms with Crippen molar-refractivity contribution in [2.75, 3.05) is 6.54 Å². The van der Waals surface area contributed by atoms with Gasteiger partial charge in [-0.1, -0.05) is 18.2 Å². The highest BCUT2D eigenvalue weighted by Gasteiger charge is 2.10. The standard InChI is InChI=1S/C15H17N3O3/c1-11(13-8-5-9-21-13)16-10-14(19)17-18-15(20)12-6-3-2-4-7-12/h2-9,11,16H,10H2,1H3,(H,17,19)(H,18,20)/t11-/m0/s1. The second-order valence-electron chi connectivity index (χ2n) is 4.49. The summed E-state index contributed by atoms with van der Waals surface area (Å²) in [5.41, 5.74) is 5.19. The van der Waals surface area contributed by atoms with Gasteiger partial charge in [0.1, 0.15) is 5.76 Å². The smallest absolute Gasteiger partial charge is 0.269 e. The first kappa shape index (κ1) is 14.8. The normalized spacial score (nSPS) is 11.7. The van der Waals surface area contributed by atoms with Gasteiger partial charge in [0.2, 0.25) is 0 Å². The monoisotopic (exact) mass is 287 g/mol. The van der Waals surface area contributed by atoms with Crippen LogP contribution in [0.25, 0.3) is 0 Å². The Morgan fingerprint density at radius 3 is 2.52 bits per heavy atom. The van der Waals surface area contributed by atoms with Crippen LogP contribution >= 0.6 is 0 Å². The summed E-state index contributed by atoms with van der Waals surface area (Å²) in [5.74, 6) is 0.0526. The summed E-state index contributed by atoms with van der Waals surface area (Å²) in [6.45, 7) is 1.95. The minimum Gasteiger partial charge on any atom is -0.468 e. The average molecular weight is 287 g/mol. The lowest BCUT2D eigenvalue weighted by molar-refractivity contribution is -0.121. The summed E-state index contributed by atoms with van der Waals surface area (Å²) in [6.07, 6.45) is 1.58. The van der Waals surface area contributed by atoms with Crippen molar-refractivity contribution < 1.29 is 14.0 Å². The molecule has 0 unspecified atom stereocenters. The average Bonchev–Trinajstić information content (AvgIpc) is 3.05. The van der Waals surface area contributed by atoms with Gasteiger partial charge in [-0.25, -0.2) is 0 Å². The second-order valence-corrected chi connectivity index (χ2v) is 4.49. The van der Waals surface area contributed by atoms with Crippen molar-refractivity contribution in [3.05, 3.63) is 60.1 Å². The molecule has 1 aromatic carbocycles. The van der Waals surface area contributed by atoms with E-state index in [0.29, 0.717) is 5.56 Å². The number of amides is 2. The first-order valence-electron chi connectivity index (χ1n) is 6.58. The van der Waals surface area contributed by atoms with Crippen LogP contribution in [0.15, 0.2) is 53.1 Å². The molecule has 0 saturated heterocycles. The van der Waals surface area contributed by atoms with E-state index in [1.807, 2.05) is 19.1 Å². The van der Waals surface area contributed by atoms with E-state index in [4.69, 9.17) is 4.42 Å². The second kappa shape index (κ2) is 7.25. The van der Waals surface area contributed by atoms with Gasteiger partial charge in [0, 0.05) is 5.56 Å². The van der Waals surface area contributed by atoms with Gasteiger partial charge in [-0.2, -0.15) is 0 Å². The number of rotatable bonds is 5. The summed E-state index contributed by atoms with van der Waals surface area (Å²) in [6, 6.07) is 12.2. The van der Waals surface area contributed by atoms with Gasteiger partial charge in [-0.3, -0.25) is 25.8 Å². The van der Waals surface area contributed by atoms with E-state index in [0.717, 1.165) is 5.76 Å². The minimum absolute atomic E-state index is 0.0664. The fourth-order valence-electron chi connectivity index (χ4n) is 1.72. The molecular formula is C15H17N3O3. The van der Waals surface area contributed by atoms with Crippen molar-refractivity contribution in [3.63, 3.8) is 0 Å². The Labute approximate surface area is 122 Å². The number of nitrogens with one attached hydrogen (secondary N) is 3. The van der Waals surface area contributed by atoms with Crippen LogP contribution in [-0.2, 0) is 4.79 Å². The van der Waals surface area contributed by atoms with Crippen molar-refractivity contribution in [1.82, 2.24) is 16.2 Å². The third kappa shape index (κ3) is 4.47. The van der Waals surface area contributed by atoms with Gasteiger partial charge in [-0.05, 0) is 31.2 Å². The van der Waals surface area contributed by atoms with E-state index in [2.05, 4.69) is 16.2 Å². The van der Waals surface area contributed by atoms with Gasteiger partial charge in [-0.15, -0.1) is 0 Å². The Bertz CT molecular complexity index is 581. The molecule has 1 aromatic heterocycles. The Hall–Kier alpha value is -2.60. The predicted molar refractivity (Wildman–Crippen MR) is 77.2 cm³/mol. The molecule has 3 N–H and O–H groups in total. The fourth-order valence-corrected chi connectivity index (χ4v) is 1.72. The van der Waals surface area contributed by atoms with Crippen molar-refractivity contribution >= 4 is 11.8 Å². The number of carbonyl (C=O) groups excluding carboxylic acids is 2. The molecule has 1 atom stereocenters. The van der Waals surface area contributed by atoms with E-state index in [1.165, 1.54) is 0 Å². The van der Waals surface area contributed by atoms with Crippen LogP contribution in [0.1, 0.15) is 29.1 Å². The molecule has 6 nitrogen and oxygen atoms in total. The van der Waals surface area contributed by atoms with Crippen LogP contribution in [0.2, 0.25) is 0 Å². The lowest BCUT2D eigenvalue weighted by Gasteiger charge is -2.12. The molecule has 0 aliphatic carbocycles. The molecule has 2 amide bonds. The molecule has 2 rings (SSSR count). The molecule has 0 aliphatic heterocycles. The van der Waals surface area contributed by atoms with Crippen molar-refractivity contribution in [2.24, 2.45) is 0 Å². The number of carbonyl (C=O) groups is 2. The third-order valence-corrected chi connectivity index (χ3v) is 2.89. The maximum atomic E-state index is 11.7. The Morgan fingerprint density at radius 1 is 1.10 bits per heavy atom. The zero-order valence-corrected chi connectivity index (χ0v) is 11.6. The number of furan rings is 1. The number of benzene rings is 1. The Morgan fingerprint density at radius 2 is 1.86 bits per heavy atom. The summed E-state index contributed by atoms with van der Waals surface area (Å²) < 4.78 is 5.22. The maximum Gasteiger partial charge on any atom is 0.269 e. The van der Waals surface area contributed by atoms with E-state index in [9.17, 15) is 9.59 Å². The van der Waals surface area contributed by atoms with Gasteiger partial charge >= 0.3 is 0 Å². The highest BCUT2D eigenvalue weighted by molar-refractivity contribution is 5.95. The van der Waals surface area contributed by atoms with Crippen LogP contribution in [0.4, 0.5) is 0 Å². The minimum atomic E-state index is -0.358. The van der Waals surface area contributed by atoms with E-state index in [-0.39, 0.29) is 24.4 Å². The molecule has 0 radical (unpaired) electrons.